The Morgan fingerprint density at radius 3 is 2.58 bits per heavy atom. The van der Waals surface area contributed by atoms with Crippen LogP contribution in [0.25, 0.3) is 0 Å². The maximum Gasteiger partial charge on any atom is 0.277 e. The Kier molecular flexibility index (Phi) is 11.0. The molecule has 0 unspecified atom stereocenters. The van der Waals surface area contributed by atoms with Gasteiger partial charge in [0.2, 0.25) is 0 Å². The van der Waals surface area contributed by atoms with Crippen LogP contribution < -0.4 is 26.0 Å². The molecule has 3 heterocycles. The van der Waals surface area contributed by atoms with Crippen LogP contribution in [0.5, 0.6) is 5.75 Å². The second-order valence-corrected chi connectivity index (χ2v) is 8.26. The third-order valence-corrected chi connectivity index (χ3v) is 5.43. The molecular weight excluding hydrogens is 512 g/mol. The summed E-state index contributed by atoms with van der Waals surface area (Å²) in [6.45, 7) is 4.77. The monoisotopic (exact) mass is 540 g/mol. The summed E-state index contributed by atoms with van der Waals surface area (Å²) in [4.78, 5) is 45.2. The zero-order valence-corrected chi connectivity index (χ0v) is 21.6. The summed E-state index contributed by atoms with van der Waals surface area (Å²) in [5.41, 5.74) is 7.12. The Morgan fingerprint density at radius 2 is 1.89 bits per heavy atom. The molecule has 4 N–H and O–H groups in total. The summed E-state index contributed by atoms with van der Waals surface area (Å²) in [6, 6.07) is 11.8. The fourth-order valence-corrected chi connectivity index (χ4v) is 3.62. The van der Waals surface area contributed by atoms with Gasteiger partial charge in [0, 0.05) is 43.8 Å². The van der Waals surface area contributed by atoms with Crippen molar-refractivity contribution in [3.8, 4) is 5.75 Å². The van der Waals surface area contributed by atoms with Crippen LogP contribution in [-0.2, 0) is 9.53 Å². The SMILES string of the molecule is CC=O.NCCOc1cc(N2CCOCC2)ccc1C(=O)Nc1cccnc1C(=O)Nc1ccc(Cl)cn1. The molecule has 1 aliphatic rings. The minimum Gasteiger partial charge on any atom is -0.491 e. The first kappa shape index (κ1) is 28.5. The number of nitrogens with zero attached hydrogens (tertiary/aromatic N) is 3. The number of morpholine rings is 1. The first-order chi connectivity index (χ1) is 18.5. The zero-order chi connectivity index (χ0) is 27.3. The lowest BCUT2D eigenvalue weighted by atomic mass is 10.1. The van der Waals surface area contributed by atoms with Crippen LogP contribution in [0, 0.1) is 0 Å². The van der Waals surface area contributed by atoms with Gasteiger partial charge in [-0.15, -0.1) is 0 Å². The van der Waals surface area contributed by atoms with Crippen LogP contribution in [0.3, 0.4) is 0 Å². The average molecular weight is 541 g/mol. The lowest BCUT2D eigenvalue weighted by Gasteiger charge is -2.29. The third kappa shape index (κ3) is 7.97. The van der Waals surface area contributed by atoms with Gasteiger partial charge in [0.25, 0.3) is 11.8 Å². The maximum absolute atomic E-state index is 13.2. The van der Waals surface area contributed by atoms with Gasteiger partial charge in [0.1, 0.15) is 24.5 Å². The number of carbonyl (C=O) groups excluding carboxylic acids is 3. The number of anilines is 3. The smallest absolute Gasteiger partial charge is 0.277 e. The number of ether oxygens (including phenoxy) is 2. The van der Waals surface area contributed by atoms with E-state index in [0.717, 1.165) is 25.1 Å². The van der Waals surface area contributed by atoms with Crippen molar-refractivity contribution in [2.45, 2.75) is 6.92 Å². The first-order valence-electron chi connectivity index (χ1n) is 11.9. The molecule has 0 bridgehead atoms. The van der Waals surface area contributed by atoms with Crippen LogP contribution in [0.4, 0.5) is 17.2 Å². The predicted molar refractivity (Wildman–Crippen MR) is 145 cm³/mol. The van der Waals surface area contributed by atoms with Crippen LogP contribution in [0.2, 0.25) is 5.02 Å². The molecule has 12 heteroatoms. The molecule has 4 rings (SSSR count). The van der Waals surface area contributed by atoms with E-state index in [4.69, 9.17) is 31.6 Å². The number of aromatic nitrogens is 2. The highest BCUT2D eigenvalue weighted by Crippen LogP contribution is 2.28. The number of rotatable bonds is 8. The third-order valence-electron chi connectivity index (χ3n) is 5.20. The van der Waals surface area contributed by atoms with Crippen molar-refractivity contribution in [3.05, 3.63) is 71.1 Å². The second-order valence-electron chi connectivity index (χ2n) is 7.82. The quantitative estimate of drug-likeness (QED) is 0.366. The van der Waals surface area contributed by atoms with Gasteiger partial charge in [-0.05, 0) is 43.3 Å². The summed E-state index contributed by atoms with van der Waals surface area (Å²) >= 11 is 5.84. The lowest BCUT2D eigenvalue weighted by Crippen LogP contribution is -2.36. The predicted octanol–water partition coefficient (Wildman–Crippen LogP) is 3.01. The van der Waals surface area contributed by atoms with E-state index in [-0.39, 0.29) is 18.0 Å². The Labute approximate surface area is 225 Å². The van der Waals surface area contributed by atoms with Gasteiger partial charge >= 0.3 is 0 Å². The van der Waals surface area contributed by atoms with E-state index in [9.17, 15) is 9.59 Å². The van der Waals surface area contributed by atoms with Crippen molar-refractivity contribution in [2.24, 2.45) is 5.73 Å². The van der Waals surface area contributed by atoms with E-state index >= 15 is 0 Å². The fourth-order valence-electron chi connectivity index (χ4n) is 3.51. The largest absolute Gasteiger partial charge is 0.491 e. The van der Waals surface area contributed by atoms with Gasteiger partial charge in [-0.3, -0.25) is 9.59 Å². The van der Waals surface area contributed by atoms with Gasteiger partial charge in [-0.1, -0.05) is 11.6 Å². The number of aldehydes is 1. The summed E-state index contributed by atoms with van der Waals surface area (Å²) in [5.74, 6) is -0.272. The van der Waals surface area contributed by atoms with Crippen molar-refractivity contribution < 1.29 is 23.9 Å². The molecular formula is C26H29ClN6O5. The molecule has 200 valence electrons. The number of hydrogen-bond donors (Lipinski definition) is 3. The normalized spacial score (nSPS) is 12.6. The van der Waals surface area contributed by atoms with E-state index in [1.165, 1.54) is 19.3 Å². The molecule has 0 atom stereocenters. The van der Waals surface area contributed by atoms with E-state index in [0.29, 0.717) is 41.9 Å². The standard InChI is InChI=1S/C24H25ClN6O4.C2H4O/c25-16-3-6-21(28-15-16)30-24(33)22-19(2-1-8-27-22)29-23(32)18-5-4-17(14-20(18)35-11-7-26)31-9-12-34-13-10-31;1-2-3/h1-6,8,14-15H,7,9-13,26H2,(H,29,32)(H,28,30,33);2H,1H3. The molecule has 3 aromatic rings. The number of nitrogens with one attached hydrogen (secondary N) is 2. The highest BCUT2D eigenvalue weighted by atomic mass is 35.5. The maximum atomic E-state index is 13.2. The van der Waals surface area contributed by atoms with Crippen molar-refractivity contribution in [3.63, 3.8) is 0 Å². The van der Waals surface area contributed by atoms with Crippen molar-refractivity contribution >= 4 is 46.9 Å². The second kappa shape index (κ2) is 14.6. The molecule has 2 aromatic heterocycles. The minimum absolute atomic E-state index is 0.0342. The van der Waals surface area contributed by atoms with E-state index in [1.54, 1.807) is 30.3 Å². The molecule has 1 aromatic carbocycles. The average Bonchev–Trinajstić information content (AvgIpc) is 2.94. The summed E-state index contributed by atoms with van der Waals surface area (Å²) in [7, 11) is 0. The minimum atomic E-state index is -0.530. The number of benzene rings is 1. The Bertz CT molecular complexity index is 1240. The molecule has 1 aliphatic heterocycles. The summed E-state index contributed by atoms with van der Waals surface area (Å²) < 4.78 is 11.2. The van der Waals surface area contributed by atoms with Gasteiger partial charge in [-0.25, -0.2) is 9.97 Å². The van der Waals surface area contributed by atoms with Crippen molar-refractivity contribution in [1.82, 2.24) is 9.97 Å². The molecule has 38 heavy (non-hydrogen) atoms. The highest BCUT2D eigenvalue weighted by molar-refractivity contribution is 6.30. The van der Waals surface area contributed by atoms with E-state index < -0.39 is 11.8 Å². The Morgan fingerprint density at radius 1 is 1.13 bits per heavy atom. The van der Waals surface area contributed by atoms with Crippen molar-refractivity contribution in [2.75, 3.05) is 55.0 Å². The molecule has 0 spiro atoms. The van der Waals surface area contributed by atoms with Crippen LogP contribution in [0.1, 0.15) is 27.8 Å². The molecule has 1 saturated heterocycles. The summed E-state index contributed by atoms with van der Waals surface area (Å²) in [5, 5.41) is 5.86. The number of halogens is 1. The van der Waals surface area contributed by atoms with Gasteiger partial charge in [0.15, 0.2) is 5.69 Å². The molecule has 11 nitrogen and oxygen atoms in total. The van der Waals surface area contributed by atoms with Crippen LogP contribution in [-0.4, -0.2) is 67.5 Å². The van der Waals surface area contributed by atoms with Crippen LogP contribution >= 0.6 is 11.6 Å². The number of hydrogen-bond acceptors (Lipinski definition) is 9. The molecule has 0 saturated carbocycles. The van der Waals surface area contributed by atoms with E-state index in [1.807, 2.05) is 12.1 Å². The number of pyridine rings is 2. The van der Waals surface area contributed by atoms with Gasteiger partial charge < -0.3 is 35.5 Å². The highest BCUT2D eigenvalue weighted by Gasteiger charge is 2.20. The lowest BCUT2D eigenvalue weighted by molar-refractivity contribution is -0.106. The Hall–Kier alpha value is -4.06. The number of amides is 2. The van der Waals surface area contributed by atoms with Gasteiger partial charge in [0.05, 0.1) is 29.5 Å². The topological polar surface area (TPSA) is 149 Å². The molecule has 0 radical (unpaired) electrons. The zero-order valence-electron chi connectivity index (χ0n) is 20.9. The number of carbonyl (C=O) groups is 3. The fraction of sp³-hybridized carbons (Fsp3) is 0.269. The summed E-state index contributed by atoms with van der Waals surface area (Å²) in [6.07, 6.45) is 3.63. The van der Waals surface area contributed by atoms with Gasteiger partial charge in [-0.2, -0.15) is 0 Å². The van der Waals surface area contributed by atoms with Crippen molar-refractivity contribution in [1.29, 1.82) is 0 Å². The first-order valence-corrected chi connectivity index (χ1v) is 12.2. The Balaban J connectivity index is 0.00000127. The molecule has 0 aliphatic carbocycles. The molecule has 1 fully saturated rings. The van der Waals surface area contributed by atoms with Crippen LogP contribution in [0.15, 0.2) is 54.9 Å². The number of nitrogens with two attached hydrogens (primary N) is 1. The van der Waals surface area contributed by atoms with E-state index in [2.05, 4.69) is 25.5 Å². The molecule has 2 amide bonds.